The molecular formula is C18H22INO. The normalized spacial score (nSPS) is 15.8. The summed E-state index contributed by atoms with van der Waals surface area (Å²) in [6.07, 6.45) is 1.09. The monoisotopic (exact) mass is 395 g/mol. The Balaban J connectivity index is 0.00000161. The van der Waals surface area contributed by atoms with Crippen LogP contribution in [0, 0.1) is 6.92 Å². The SMILES string of the molecule is Cc1ccc(Oc2cccc3c2CC[N+](C)(C)C3)cc1.[I-]. The smallest absolute Gasteiger partial charge is 0.131 e. The van der Waals surface area contributed by atoms with Crippen molar-refractivity contribution in [2.75, 3.05) is 20.6 Å². The van der Waals surface area contributed by atoms with Crippen LogP contribution in [-0.4, -0.2) is 25.1 Å². The largest absolute Gasteiger partial charge is 1.00 e. The molecule has 0 N–H and O–H groups in total. The Morgan fingerprint density at radius 2 is 1.71 bits per heavy atom. The van der Waals surface area contributed by atoms with Gasteiger partial charge in [-0.2, -0.15) is 0 Å². The molecule has 3 heteroatoms. The van der Waals surface area contributed by atoms with Gasteiger partial charge in [-0.25, -0.2) is 0 Å². The molecule has 21 heavy (non-hydrogen) atoms. The zero-order valence-electron chi connectivity index (χ0n) is 12.9. The number of hydrogen-bond acceptors (Lipinski definition) is 1. The van der Waals surface area contributed by atoms with Crippen LogP contribution >= 0.6 is 0 Å². The van der Waals surface area contributed by atoms with Crippen molar-refractivity contribution in [3.8, 4) is 11.5 Å². The average Bonchev–Trinajstić information content (AvgIpc) is 2.40. The lowest BCUT2D eigenvalue weighted by Gasteiger charge is -2.35. The topological polar surface area (TPSA) is 9.23 Å². The zero-order chi connectivity index (χ0) is 14.2. The van der Waals surface area contributed by atoms with Gasteiger partial charge in [-0.3, -0.25) is 0 Å². The second-order valence-corrected chi connectivity index (χ2v) is 6.38. The first-order chi connectivity index (χ1) is 9.53. The van der Waals surface area contributed by atoms with Crippen LogP contribution in [0.1, 0.15) is 16.7 Å². The van der Waals surface area contributed by atoms with Gasteiger partial charge in [0, 0.05) is 17.5 Å². The van der Waals surface area contributed by atoms with Gasteiger partial charge in [0.15, 0.2) is 0 Å². The molecule has 0 bridgehead atoms. The van der Waals surface area contributed by atoms with E-state index in [4.69, 9.17) is 4.74 Å². The summed E-state index contributed by atoms with van der Waals surface area (Å²) >= 11 is 0. The molecule has 3 rings (SSSR count). The van der Waals surface area contributed by atoms with Crippen LogP contribution in [0.3, 0.4) is 0 Å². The van der Waals surface area contributed by atoms with Crippen molar-refractivity contribution >= 4 is 0 Å². The summed E-state index contributed by atoms with van der Waals surface area (Å²) in [4.78, 5) is 0. The molecule has 2 aromatic rings. The maximum atomic E-state index is 6.09. The maximum Gasteiger partial charge on any atom is 0.131 e. The third kappa shape index (κ3) is 3.77. The van der Waals surface area contributed by atoms with Crippen molar-refractivity contribution in [2.24, 2.45) is 0 Å². The number of benzene rings is 2. The van der Waals surface area contributed by atoms with Crippen LogP contribution < -0.4 is 28.7 Å². The van der Waals surface area contributed by atoms with E-state index in [9.17, 15) is 0 Å². The summed E-state index contributed by atoms with van der Waals surface area (Å²) in [6, 6.07) is 14.7. The lowest BCUT2D eigenvalue weighted by atomic mass is 9.97. The van der Waals surface area contributed by atoms with Crippen molar-refractivity contribution in [2.45, 2.75) is 19.9 Å². The van der Waals surface area contributed by atoms with E-state index in [-0.39, 0.29) is 24.0 Å². The van der Waals surface area contributed by atoms with Crippen molar-refractivity contribution in [3.05, 3.63) is 59.2 Å². The van der Waals surface area contributed by atoms with Gasteiger partial charge in [-0.15, -0.1) is 0 Å². The van der Waals surface area contributed by atoms with E-state index in [1.165, 1.54) is 23.2 Å². The van der Waals surface area contributed by atoms with Crippen LogP contribution in [-0.2, 0) is 13.0 Å². The summed E-state index contributed by atoms with van der Waals surface area (Å²) in [7, 11) is 4.58. The van der Waals surface area contributed by atoms with Gasteiger partial charge in [0.2, 0.25) is 0 Å². The summed E-state index contributed by atoms with van der Waals surface area (Å²) in [5.41, 5.74) is 4.06. The van der Waals surface area contributed by atoms with Crippen molar-refractivity contribution in [1.29, 1.82) is 0 Å². The Morgan fingerprint density at radius 1 is 1.00 bits per heavy atom. The first-order valence-electron chi connectivity index (χ1n) is 7.21. The van der Waals surface area contributed by atoms with Crippen molar-refractivity contribution < 1.29 is 33.2 Å². The molecule has 1 heterocycles. The highest BCUT2D eigenvalue weighted by molar-refractivity contribution is 5.43. The highest BCUT2D eigenvalue weighted by Crippen LogP contribution is 2.32. The van der Waals surface area contributed by atoms with Crippen LogP contribution in [0.25, 0.3) is 0 Å². The number of nitrogens with zero attached hydrogens (tertiary/aromatic N) is 1. The molecule has 0 fully saturated rings. The molecule has 0 aromatic heterocycles. The highest BCUT2D eigenvalue weighted by atomic mass is 127. The molecule has 0 unspecified atom stereocenters. The predicted octanol–water partition coefficient (Wildman–Crippen LogP) is 0.924. The van der Waals surface area contributed by atoms with Crippen LogP contribution in [0.15, 0.2) is 42.5 Å². The van der Waals surface area contributed by atoms with Gasteiger partial charge >= 0.3 is 0 Å². The second kappa shape index (κ2) is 6.36. The third-order valence-electron chi connectivity index (χ3n) is 4.04. The van der Waals surface area contributed by atoms with Gasteiger partial charge in [0.25, 0.3) is 0 Å². The molecule has 1 aliphatic heterocycles. The quantitative estimate of drug-likeness (QED) is 0.543. The predicted molar refractivity (Wildman–Crippen MR) is 82.1 cm³/mol. The Hall–Kier alpha value is -1.07. The molecule has 0 amide bonds. The average molecular weight is 395 g/mol. The fourth-order valence-electron chi connectivity index (χ4n) is 2.83. The Morgan fingerprint density at radius 3 is 2.43 bits per heavy atom. The minimum Gasteiger partial charge on any atom is -1.00 e. The number of halogens is 1. The minimum atomic E-state index is 0. The summed E-state index contributed by atoms with van der Waals surface area (Å²) in [5.74, 6) is 1.94. The Kier molecular flexibility index (Phi) is 4.94. The van der Waals surface area contributed by atoms with E-state index in [0.29, 0.717) is 0 Å². The van der Waals surface area contributed by atoms with Gasteiger partial charge in [0.05, 0.1) is 20.6 Å². The standard InChI is InChI=1S/C18H22NO.HI/c1-14-7-9-16(10-8-14)20-18-6-4-5-15-13-19(2,3)12-11-17(15)18;/h4-10H,11-13H2,1-3H3;1H/q+1;/p-1. The molecule has 112 valence electrons. The molecule has 2 nitrogen and oxygen atoms in total. The number of likely N-dealkylation sites (N-methyl/N-ethyl adjacent to an activating group) is 1. The number of fused-ring (bicyclic) bond motifs is 1. The fourth-order valence-corrected chi connectivity index (χ4v) is 2.83. The number of aryl methyl sites for hydroxylation is 1. The van der Waals surface area contributed by atoms with Gasteiger partial charge in [0.1, 0.15) is 18.0 Å². The summed E-state index contributed by atoms with van der Waals surface area (Å²) in [6.45, 7) is 4.34. The molecule has 1 aliphatic rings. The van der Waals surface area contributed by atoms with Gasteiger partial charge in [-0.1, -0.05) is 29.8 Å². The third-order valence-corrected chi connectivity index (χ3v) is 4.04. The second-order valence-electron chi connectivity index (χ2n) is 6.38. The lowest BCUT2D eigenvalue weighted by molar-refractivity contribution is -0.905. The highest BCUT2D eigenvalue weighted by Gasteiger charge is 2.26. The van der Waals surface area contributed by atoms with Crippen molar-refractivity contribution in [1.82, 2.24) is 0 Å². The molecule has 2 aromatic carbocycles. The lowest BCUT2D eigenvalue weighted by Crippen LogP contribution is -3.00. The molecule has 0 aliphatic carbocycles. The first-order valence-corrected chi connectivity index (χ1v) is 7.21. The number of hydrogen-bond donors (Lipinski definition) is 0. The zero-order valence-corrected chi connectivity index (χ0v) is 15.1. The minimum absolute atomic E-state index is 0. The van der Waals surface area contributed by atoms with E-state index < -0.39 is 0 Å². The van der Waals surface area contributed by atoms with Crippen LogP contribution in [0.5, 0.6) is 11.5 Å². The summed E-state index contributed by atoms with van der Waals surface area (Å²) in [5, 5.41) is 0. The number of rotatable bonds is 2. The Labute approximate surface area is 144 Å². The molecule has 0 spiro atoms. The van der Waals surface area contributed by atoms with Crippen LogP contribution in [0.2, 0.25) is 0 Å². The van der Waals surface area contributed by atoms with E-state index in [1.807, 2.05) is 12.1 Å². The molecule has 0 radical (unpaired) electrons. The number of ether oxygens (including phenoxy) is 1. The maximum absolute atomic E-state index is 6.09. The van der Waals surface area contributed by atoms with E-state index >= 15 is 0 Å². The van der Waals surface area contributed by atoms with Crippen molar-refractivity contribution in [3.63, 3.8) is 0 Å². The molecule has 0 saturated carbocycles. The van der Waals surface area contributed by atoms with E-state index in [1.54, 1.807) is 0 Å². The summed E-state index contributed by atoms with van der Waals surface area (Å²) < 4.78 is 7.15. The van der Waals surface area contributed by atoms with E-state index in [2.05, 4.69) is 51.4 Å². The molecule has 0 atom stereocenters. The molecular weight excluding hydrogens is 373 g/mol. The fraction of sp³-hybridized carbons (Fsp3) is 0.333. The van der Waals surface area contributed by atoms with Gasteiger partial charge in [-0.05, 0) is 25.1 Å². The molecule has 0 saturated heterocycles. The van der Waals surface area contributed by atoms with E-state index in [0.717, 1.165) is 28.9 Å². The van der Waals surface area contributed by atoms with Gasteiger partial charge < -0.3 is 33.2 Å². The first kappa shape index (κ1) is 16.3. The Bertz CT molecular complexity index is 620. The van der Waals surface area contributed by atoms with Crippen LogP contribution in [0.4, 0.5) is 0 Å². The number of quaternary nitrogens is 1.